The maximum Gasteiger partial charge on any atom is 0.266 e. The van der Waals surface area contributed by atoms with E-state index < -0.39 is 5.82 Å². The first-order valence-corrected chi connectivity index (χ1v) is 11.1. The summed E-state index contributed by atoms with van der Waals surface area (Å²) < 4.78 is 14.1. The zero-order chi connectivity index (χ0) is 21.3. The molecule has 3 heterocycles. The highest BCUT2D eigenvalue weighted by Crippen LogP contribution is 2.35. The van der Waals surface area contributed by atoms with Gasteiger partial charge in [-0.15, -0.1) is 11.3 Å². The highest BCUT2D eigenvalue weighted by molar-refractivity contribution is 7.20. The van der Waals surface area contributed by atoms with E-state index in [1.807, 2.05) is 6.92 Å². The molecule has 0 aliphatic carbocycles. The number of anilines is 2. The minimum absolute atomic E-state index is 0.0969. The molecule has 1 N–H and O–H groups in total. The highest BCUT2D eigenvalue weighted by atomic mass is 35.5. The second kappa shape index (κ2) is 8.83. The van der Waals surface area contributed by atoms with E-state index in [2.05, 4.69) is 32.0 Å². The van der Waals surface area contributed by atoms with Crippen LogP contribution in [-0.2, 0) is 0 Å². The number of hydrogen-bond donors (Lipinski definition) is 1. The standard InChI is InChI=1S/C21H23ClFN5OS/c1-3-6-27-7-9-28(10-8-27)19-17-13(2)18(30-21(17)25-12-24-19)20(29)26-16-5-4-14(22)11-15(16)23/h4-5,11-12H,3,6-10H2,1-2H3,(H,26,29). The molecule has 0 spiro atoms. The van der Waals surface area contributed by atoms with E-state index in [-0.39, 0.29) is 16.6 Å². The number of carbonyl (C=O) groups is 1. The average molecular weight is 448 g/mol. The third kappa shape index (κ3) is 4.12. The van der Waals surface area contributed by atoms with Gasteiger partial charge >= 0.3 is 0 Å². The van der Waals surface area contributed by atoms with Crippen LogP contribution in [0.4, 0.5) is 15.9 Å². The second-order valence-corrected chi connectivity index (χ2v) is 8.78. The molecule has 1 aliphatic rings. The van der Waals surface area contributed by atoms with Crippen LogP contribution in [0.25, 0.3) is 10.2 Å². The smallest absolute Gasteiger partial charge is 0.266 e. The average Bonchev–Trinajstić information content (AvgIpc) is 3.08. The van der Waals surface area contributed by atoms with Crippen LogP contribution in [0.5, 0.6) is 0 Å². The highest BCUT2D eigenvalue weighted by Gasteiger charge is 2.24. The van der Waals surface area contributed by atoms with Gasteiger partial charge in [-0.3, -0.25) is 9.69 Å². The maximum atomic E-state index is 14.1. The predicted octanol–water partition coefficient (Wildman–Crippen LogP) is 4.58. The SMILES string of the molecule is CCCN1CCN(c2ncnc3sc(C(=O)Nc4ccc(Cl)cc4F)c(C)c23)CC1. The van der Waals surface area contributed by atoms with Crippen LogP contribution >= 0.6 is 22.9 Å². The Bertz CT molecular complexity index is 1080. The van der Waals surface area contributed by atoms with Gasteiger partial charge in [0.15, 0.2) is 0 Å². The summed E-state index contributed by atoms with van der Waals surface area (Å²) in [5.41, 5.74) is 0.910. The molecule has 0 unspecified atom stereocenters. The minimum Gasteiger partial charge on any atom is -0.353 e. The van der Waals surface area contributed by atoms with Crippen LogP contribution in [0.2, 0.25) is 5.02 Å². The number of thiophene rings is 1. The lowest BCUT2D eigenvalue weighted by molar-refractivity contribution is 0.102. The molecule has 1 aromatic carbocycles. The van der Waals surface area contributed by atoms with Gasteiger partial charge in [-0.1, -0.05) is 18.5 Å². The van der Waals surface area contributed by atoms with Crippen molar-refractivity contribution in [1.29, 1.82) is 0 Å². The summed E-state index contributed by atoms with van der Waals surface area (Å²) in [6.07, 6.45) is 2.70. The van der Waals surface area contributed by atoms with Crippen molar-refractivity contribution >= 4 is 50.6 Å². The number of benzene rings is 1. The lowest BCUT2D eigenvalue weighted by atomic mass is 10.1. The number of hydrogen-bond acceptors (Lipinski definition) is 6. The van der Waals surface area contributed by atoms with Crippen molar-refractivity contribution in [2.24, 2.45) is 0 Å². The van der Waals surface area contributed by atoms with E-state index in [0.29, 0.717) is 4.88 Å². The second-order valence-electron chi connectivity index (χ2n) is 7.34. The molecule has 30 heavy (non-hydrogen) atoms. The predicted molar refractivity (Wildman–Crippen MR) is 120 cm³/mol. The summed E-state index contributed by atoms with van der Waals surface area (Å²) >= 11 is 7.09. The number of aromatic nitrogens is 2. The Morgan fingerprint density at radius 1 is 1.27 bits per heavy atom. The fourth-order valence-electron chi connectivity index (χ4n) is 3.78. The fourth-order valence-corrected chi connectivity index (χ4v) is 4.98. The number of halogens is 2. The molecular weight excluding hydrogens is 425 g/mol. The van der Waals surface area contributed by atoms with E-state index in [1.165, 1.54) is 23.5 Å². The number of carbonyl (C=O) groups excluding carboxylic acids is 1. The van der Waals surface area contributed by atoms with Crippen molar-refractivity contribution in [3.63, 3.8) is 0 Å². The summed E-state index contributed by atoms with van der Waals surface area (Å²) in [6.45, 7) is 8.95. The van der Waals surface area contributed by atoms with Crippen LogP contribution in [0, 0.1) is 12.7 Å². The number of nitrogens with one attached hydrogen (secondary N) is 1. The van der Waals surface area contributed by atoms with Crippen LogP contribution in [0.1, 0.15) is 28.6 Å². The zero-order valence-corrected chi connectivity index (χ0v) is 18.5. The Balaban J connectivity index is 1.61. The van der Waals surface area contributed by atoms with E-state index in [1.54, 1.807) is 12.4 Å². The van der Waals surface area contributed by atoms with Gasteiger partial charge in [0, 0.05) is 31.2 Å². The van der Waals surface area contributed by atoms with Crippen LogP contribution in [-0.4, -0.2) is 53.5 Å². The molecule has 6 nitrogen and oxygen atoms in total. The monoisotopic (exact) mass is 447 g/mol. The number of fused-ring (bicyclic) bond motifs is 1. The van der Waals surface area contributed by atoms with Crippen LogP contribution < -0.4 is 10.2 Å². The van der Waals surface area contributed by atoms with E-state index in [9.17, 15) is 9.18 Å². The minimum atomic E-state index is -0.569. The molecule has 158 valence electrons. The van der Waals surface area contributed by atoms with E-state index >= 15 is 0 Å². The molecule has 3 aromatic rings. The van der Waals surface area contributed by atoms with Gasteiger partial charge in [-0.25, -0.2) is 14.4 Å². The third-order valence-electron chi connectivity index (χ3n) is 5.30. The normalized spacial score (nSPS) is 15.0. The Labute approximate surface area is 183 Å². The molecular formula is C21H23ClFN5OS. The van der Waals surface area contributed by atoms with Gasteiger partial charge in [0.1, 0.15) is 22.8 Å². The first-order valence-electron chi connectivity index (χ1n) is 9.95. The number of nitrogens with zero attached hydrogens (tertiary/aromatic N) is 4. The van der Waals surface area contributed by atoms with Crippen LogP contribution in [0.15, 0.2) is 24.5 Å². The molecule has 0 atom stereocenters. The largest absolute Gasteiger partial charge is 0.353 e. The van der Waals surface area contributed by atoms with Crippen molar-refractivity contribution in [1.82, 2.24) is 14.9 Å². The Morgan fingerprint density at radius 2 is 2.03 bits per heavy atom. The molecule has 2 aromatic heterocycles. The maximum absolute atomic E-state index is 14.1. The molecule has 4 rings (SSSR count). The third-order valence-corrected chi connectivity index (χ3v) is 6.74. The number of piperazine rings is 1. The molecule has 1 saturated heterocycles. The van der Waals surface area contributed by atoms with Gasteiger partial charge in [-0.2, -0.15) is 0 Å². The topological polar surface area (TPSA) is 61.4 Å². The quantitative estimate of drug-likeness (QED) is 0.620. The van der Waals surface area contributed by atoms with Gasteiger partial charge in [0.05, 0.1) is 16.0 Å². The van der Waals surface area contributed by atoms with Gasteiger partial charge < -0.3 is 10.2 Å². The molecule has 1 amide bonds. The Morgan fingerprint density at radius 3 is 2.73 bits per heavy atom. The number of aryl methyl sites for hydroxylation is 1. The first-order chi connectivity index (χ1) is 14.5. The molecule has 9 heteroatoms. The molecule has 0 saturated carbocycles. The number of amides is 1. The van der Waals surface area contributed by atoms with Crippen molar-refractivity contribution in [3.05, 3.63) is 45.8 Å². The van der Waals surface area contributed by atoms with Crippen molar-refractivity contribution in [2.45, 2.75) is 20.3 Å². The van der Waals surface area contributed by atoms with Gasteiger partial charge in [-0.05, 0) is 43.7 Å². The summed E-state index contributed by atoms with van der Waals surface area (Å²) in [7, 11) is 0. The van der Waals surface area contributed by atoms with Crippen molar-refractivity contribution in [3.8, 4) is 0 Å². The zero-order valence-electron chi connectivity index (χ0n) is 16.9. The van der Waals surface area contributed by atoms with Crippen molar-refractivity contribution in [2.75, 3.05) is 42.9 Å². The lowest BCUT2D eigenvalue weighted by Gasteiger charge is -2.35. The Kier molecular flexibility index (Phi) is 6.17. The fraction of sp³-hybridized carbons (Fsp3) is 0.381. The van der Waals surface area contributed by atoms with Crippen molar-refractivity contribution < 1.29 is 9.18 Å². The molecule has 0 radical (unpaired) electrons. The number of rotatable bonds is 5. The van der Waals surface area contributed by atoms with E-state index in [4.69, 9.17) is 11.6 Å². The Hall–Kier alpha value is -2.29. The van der Waals surface area contributed by atoms with Gasteiger partial charge in [0.2, 0.25) is 0 Å². The molecule has 1 fully saturated rings. The van der Waals surface area contributed by atoms with Gasteiger partial charge in [0.25, 0.3) is 5.91 Å². The molecule has 0 bridgehead atoms. The van der Waals surface area contributed by atoms with E-state index in [0.717, 1.165) is 60.7 Å². The summed E-state index contributed by atoms with van der Waals surface area (Å²) in [4.78, 5) is 27.8. The summed E-state index contributed by atoms with van der Waals surface area (Å²) in [5, 5.41) is 3.82. The molecule has 1 aliphatic heterocycles. The summed E-state index contributed by atoms with van der Waals surface area (Å²) in [6, 6.07) is 4.18. The summed E-state index contributed by atoms with van der Waals surface area (Å²) in [5.74, 6) is -0.0721. The first kappa shape index (κ1) is 21.0. The van der Waals surface area contributed by atoms with Crippen LogP contribution in [0.3, 0.4) is 0 Å². The lowest BCUT2D eigenvalue weighted by Crippen LogP contribution is -2.46.